The molecule has 0 aliphatic carbocycles. The van der Waals surface area contributed by atoms with E-state index in [1.165, 1.54) is 20.1 Å². The lowest BCUT2D eigenvalue weighted by Gasteiger charge is -2.08. The molecule has 0 saturated carbocycles. The van der Waals surface area contributed by atoms with Gasteiger partial charge in [0.15, 0.2) is 0 Å². The van der Waals surface area contributed by atoms with E-state index >= 15 is 0 Å². The molecule has 0 radical (unpaired) electrons. The molecule has 0 unspecified atom stereocenters. The molecule has 0 aliphatic heterocycles. The Morgan fingerprint density at radius 3 is 2.63 bits per heavy atom. The van der Waals surface area contributed by atoms with Gasteiger partial charge in [0.25, 0.3) is 15.0 Å². The van der Waals surface area contributed by atoms with Crippen LogP contribution in [0.25, 0.3) is 0 Å². The van der Waals surface area contributed by atoms with E-state index in [1.807, 2.05) is 0 Å². The summed E-state index contributed by atoms with van der Waals surface area (Å²) in [6.45, 7) is 1.92. The molecule has 1 amide bonds. The Morgan fingerprint density at radius 2 is 2.11 bits per heavy atom. The first kappa shape index (κ1) is 15.9. The fourth-order valence-electron chi connectivity index (χ4n) is 1.41. The Hall–Kier alpha value is -1.18. The molecule has 0 fully saturated rings. The Labute approximate surface area is 115 Å². The number of hydrogen-bond acceptors (Lipinski definition) is 4. The summed E-state index contributed by atoms with van der Waals surface area (Å²) < 4.78 is 40.8. The van der Waals surface area contributed by atoms with E-state index in [-0.39, 0.29) is 17.7 Å². The highest BCUT2D eigenvalue weighted by Gasteiger charge is 2.21. The highest BCUT2D eigenvalue weighted by molar-refractivity contribution is 8.13. The molecule has 0 aromatic heterocycles. The molecular formula is C11H13ClFNO4S. The molecular weight excluding hydrogens is 297 g/mol. The van der Waals surface area contributed by atoms with Gasteiger partial charge in [0, 0.05) is 29.9 Å². The lowest BCUT2D eigenvalue weighted by molar-refractivity contribution is 0.0936. The number of halogens is 2. The molecule has 19 heavy (non-hydrogen) atoms. The lowest BCUT2D eigenvalue weighted by atomic mass is 10.1. The van der Waals surface area contributed by atoms with Crippen LogP contribution in [0.4, 0.5) is 4.39 Å². The summed E-state index contributed by atoms with van der Waals surface area (Å²) in [4.78, 5) is 11.0. The van der Waals surface area contributed by atoms with Gasteiger partial charge in [-0.15, -0.1) is 0 Å². The van der Waals surface area contributed by atoms with E-state index in [9.17, 15) is 17.6 Å². The summed E-state index contributed by atoms with van der Waals surface area (Å²) >= 11 is 0. The van der Waals surface area contributed by atoms with Crippen molar-refractivity contribution in [3.63, 3.8) is 0 Å². The number of methoxy groups -OCH3 is 1. The molecule has 0 bridgehead atoms. The zero-order valence-corrected chi connectivity index (χ0v) is 11.9. The van der Waals surface area contributed by atoms with E-state index in [0.29, 0.717) is 6.61 Å². The molecule has 0 heterocycles. The third-order valence-corrected chi connectivity index (χ3v) is 3.66. The van der Waals surface area contributed by atoms with Crippen molar-refractivity contribution in [2.45, 2.75) is 11.8 Å². The van der Waals surface area contributed by atoms with Gasteiger partial charge in [-0.25, -0.2) is 12.8 Å². The molecule has 1 aromatic carbocycles. The normalized spacial score (nSPS) is 11.4. The topological polar surface area (TPSA) is 72.5 Å². The third-order valence-electron chi connectivity index (χ3n) is 2.34. The number of rotatable bonds is 5. The SMILES string of the molecule is COCCNC(=O)c1cc(C)c(F)c(S(=O)(=O)Cl)c1. The third kappa shape index (κ3) is 4.15. The van der Waals surface area contributed by atoms with Crippen molar-refractivity contribution in [2.24, 2.45) is 0 Å². The van der Waals surface area contributed by atoms with E-state index < -0.39 is 25.7 Å². The van der Waals surface area contributed by atoms with Crippen LogP contribution in [0.2, 0.25) is 0 Å². The molecule has 1 aromatic rings. The second kappa shape index (κ2) is 6.31. The minimum absolute atomic E-state index is 0.0224. The lowest BCUT2D eigenvalue weighted by Crippen LogP contribution is -2.27. The van der Waals surface area contributed by atoms with Gasteiger partial charge in [0.05, 0.1) is 6.61 Å². The molecule has 0 spiro atoms. The monoisotopic (exact) mass is 309 g/mol. The predicted octanol–water partition coefficient (Wildman–Crippen LogP) is 1.44. The highest BCUT2D eigenvalue weighted by atomic mass is 35.7. The maximum Gasteiger partial charge on any atom is 0.264 e. The quantitative estimate of drug-likeness (QED) is 0.660. The molecule has 1 rings (SSSR count). The van der Waals surface area contributed by atoms with Crippen molar-refractivity contribution in [1.82, 2.24) is 5.32 Å². The fraction of sp³-hybridized carbons (Fsp3) is 0.364. The maximum absolute atomic E-state index is 13.6. The second-order valence-electron chi connectivity index (χ2n) is 3.79. The molecule has 1 N–H and O–H groups in total. The van der Waals surface area contributed by atoms with Crippen LogP contribution >= 0.6 is 10.7 Å². The number of aryl methyl sites for hydroxylation is 1. The first-order valence-electron chi connectivity index (χ1n) is 5.29. The number of ether oxygens (including phenoxy) is 1. The van der Waals surface area contributed by atoms with Gasteiger partial charge < -0.3 is 10.1 Å². The molecule has 0 atom stereocenters. The molecule has 8 heteroatoms. The summed E-state index contributed by atoms with van der Waals surface area (Å²) in [7, 11) is 2.35. The van der Waals surface area contributed by atoms with Crippen LogP contribution in [0.1, 0.15) is 15.9 Å². The van der Waals surface area contributed by atoms with Crippen LogP contribution in [-0.2, 0) is 13.8 Å². The van der Waals surface area contributed by atoms with Crippen molar-refractivity contribution in [3.8, 4) is 0 Å². The van der Waals surface area contributed by atoms with Crippen LogP contribution in [0, 0.1) is 12.7 Å². The van der Waals surface area contributed by atoms with Crippen molar-refractivity contribution in [2.75, 3.05) is 20.3 Å². The number of nitrogens with one attached hydrogen (secondary N) is 1. The van der Waals surface area contributed by atoms with Gasteiger partial charge in [-0.05, 0) is 24.6 Å². The molecule has 0 aliphatic rings. The van der Waals surface area contributed by atoms with E-state index in [1.54, 1.807) is 0 Å². The second-order valence-corrected chi connectivity index (χ2v) is 6.33. The Kier molecular flexibility index (Phi) is 5.28. The highest BCUT2D eigenvalue weighted by Crippen LogP contribution is 2.23. The predicted molar refractivity (Wildman–Crippen MR) is 68.4 cm³/mol. The average Bonchev–Trinajstić information content (AvgIpc) is 2.31. The summed E-state index contributed by atoms with van der Waals surface area (Å²) in [5, 5.41) is 2.50. The van der Waals surface area contributed by atoms with Crippen LogP contribution in [0.3, 0.4) is 0 Å². The zero-order valence-electron chi connectivity index (χ0n) is 10.4. The summed E-state index contributed by atoms with van der Waals surface area (Å²) in [6, 6.07) is 2.16. The molecule has 106 valence electrons. The smallest absolute Gasteiger partial charge is 0.264 e. The first-order chi connectivity index (χ1) is 8.77. The minimum atomic E-state index is -4.24. The molecule has 5 nitrogen and oxygen atoms in total. The Balaban J connectivity index is 3.11. The van der Waals surface area contributed by atoms with Crippen LogP contribution < -0.4 is 5.32 Å². The van der Waals surface area contributed by atoms with Crippen molar-refractivity contribution >= 4 is 25.6 Å². The zero-order chi connectivity index (χ0) is 14.6. The van der Waals surface area contributed by atoms with Crippen LogP contribution in [-0.4, -0.2) is 34.6 Å². The molecule has 0 saturated heterocycles. The van der Waals surface area contributed by atoms with Gasteiger partial charge in [-0.2, -0.15) is 0 Å². The minimum Gasteiger partial charge on any atom is -0.383 e. The van der Waals surface area contributed by atoms with Crippen molar-refractivity contribution in [3.05, 3.63) is 29.1 Å². The number of benzene rings is 1. The number of amides is 1. The van der Waals surface area contributed by atoms with E-state index in [0.717, 1.165) is 6.07 Å². The standard InChI is InChI=1S/C11H13ClFNO4S/c1-7-5-8(11(15)14-3-4-18-2)6-9(10(7)13)19(12,16)17/h5-6H,3-4H2,1-2H3,(H,14,15). The Morgan fingerprint density at radius 1 is 1.47 bits per heavy atom. The number of carbonyl (C=O) groups excluding carboxylic acids is 1. The van der Waals surface area contributed by atoms with Crippen molar-refractivity contribution < 1.29 is 22.3 Å². The average molecular weight is 310 g/mol. The van der Waals surface area contributed by atoms with Crippen LogP contribution in [0.5, 0.6) is 0 Å². The van der Waals surface area contributed by atoms with Gasteiger partial charge >= 0.3 is 0 Å². The van der Waals surface area contributed by atoms with Gasteiger partial charge in [0.1, 0.15) is 10.7 Å². The summed E-state index contributed by atoms with van der Waals surface area (Å²) in [6.07, 6.45) is 0. The summed E-state index contributed by atoms with van der Waals surface area (Å²) in [5.74, 6) is -1.48. The van der Waals surface area contributed by atoms with Gasteiger partial charge in [-0.1, -0.05) is 0 Å². The van der Waals surface area contributed by atoms with Gasteiger partial charge in [0.2, 0.25) is 0 Å². The van der Waals surface area contributed by atoms with E-state index in [4.69, 9.17) is 15.4 Å². The fourth-order valence-corrected chi connectivity index (χ4v) is 2.39. The first-order valence-corrected chi connectivity index (χ1v) is 7.60. The van der Waals surface area contributed by atoms with E-state index in [2.05, 4.69) is 5.32 Å². The largest absolute Gasteiger partial charge is 0.383 e. The van der Waals surface area contributed by atoms with Crippen molar-refractivity contribution in [1.29, 1.82) is 0 Å². The van der Waals surface area contributed by atoms with Crippen LogP contribution in [0.15, 0.2) is 17.0 Å². The van der Waals surface area contributed by atoms with Gasteiger partial charge in [-0.3, -0.25) is 4.79 Å². The maximum atomic E-state index is 13.6. The Bertz CT molecular complexity index is 589. The number of carbonyl (C=O) groups is 1. The summed E-state index contributed by atoms with van der Waals surface area (Å²) in [5.41, 5.74) is 0.0489. The number of hydrogen-bond donors (Lipinski definition) is 1.